The van der Waals surface area contributed by atoms with E-state index in [4.69, 9.17) is 0 Å². The molecule has 1 aromatic heterocycles. The minimum atomic E-state index is -3.41. The molecule has 0 aliphatic carbocycles. The van der Waals surface area contributed by atoms with Gasteiger partial charge in [-0.1, -0.05) is 35.9 Å². The Labute approximate surface area is 183 Å². The van der Waals surface area contributed by atoms with Crippen LogP contribution in [0.15, 0.2) is 46.0 Å². The zero-order valence-electron chi connectivity index (χ0n) is 17.4. The molecule has 2 aromatic rings. The quantitative estimate of drug-likeness (QED) is 0.707. The van der Waals surface area contributed by atoms with Crippen LogP contribution in [0.5, 0.6) is 0 Å². The number of thiophene rings is 1. The molecule has 162 valence electrons. The van der Waals surface area contributed by atoms with Gasteiger partial charge in [-0.05, 0) is 36.8 Å². The fourth-order valence-electron chi connectivity index (χ4n) is 4.33. The molecule has 1 aromatic carbocycles. The maximum atomic E-state index is 13.0. The summed E-state index contributed by atoms with van der Waals surface area (Å²) in [6.45, 7) is 7.13. The molecule has 0 atom stereocenters. The fraction of sp³-hybridized carbons (Fsp3) is 0.500. The first-order chi connectivity index (χ1) is 14.4. The molecule has 0 unspecified atom stereocenters. The fourth-order valence-corrected chi connectivity index (χ4v) is 6.95. The number of piperazine rings is 1. The van der Waals surface area contributed by atoms with Crippen LogP contribution in [0.2, 0.25) is 0 Å². The van der Waals surface area contributed by atoms with Crippen LogP contribution in [0.4, 0.5) is 0 Å². The van der Waals surface area contributed by atoms with Crippen molar-refractivity contribution in [3.8, 4) is 0 Å². The second kappa shape index (κ2) is 9.18. The van der Waals surface area contributed by atoms with Gasteiger partial charge in [0.15, 0.2) is 0 Å². The number of hydrogen-bond donors (Lipinski definition) is 0. The third kappa shape index (κ3) is 4.77. The molecule has 6 nitrogen and oxygen atoms in total. The van der Waals surface area contributed by atoms with Crippen LogP contribution < -0.4 is 0 Å². The standard InChI is InChI=1S/C22H29N3O3S2/c1-18-4-2-5-19(16-18)17-23-11-13-24(14-12-23)22(26)20-7-9-25(10-8-20)30(27,28)21-6-3-15-29-21/h2-6,15-16,20H,7-14,17H2,1H3. The molecule has 0 spiro atoms. The lowest BCUT2D eigenvalue weighted by Gasteiger charge is -2.38. The zero-order chi connectivity index (χ0) is 21.1. The predicted molar refractivity (Wildman–Crippen MR) is 119 cm³/mol. The highest BCUT2D eigenvalue weighted by molar-refractivity contribution is 7.91. The van der Waals surface area contributed by atoms with E-state index in [0.29, 0.717) is 30.1 Å². The summed E-state index contributed by atoms with van der Waals surface area (Å²) in [6.07, 6.45) is 1.21. The normalized spacial score (nSPS) is 19.8. The molecule has 2 saturated heterocycles. The van der Waals surface area contributed by atoms with Gasteiger partial charge in [0.2, 0.25) is 5.91 Å². The molecule has 3 heterocycles. The SMILES string of the molecule is Cc1cccc(CN2CCN(C(=O)C3CCN(S(=O)(=O)c4cccs4)CC3)CC2)c1. The number of benzene rings is 1. The summed E-state index contributed by atoms with van der Waals surface area (Å²) in [5.41, 5.74) is 2.59. The molecule has 2 aliphatic rings. The van der Waals surface area contributed by atoms with Gasteiger partial charge >= 0.3 is 0 Å². The van der Waals surface area contributed by atoms with Crippen molar-refractivity contribution < 1.29 is 13.2 Å². The molecule has 30 heavy (non-hydrogen) atoms. The van der Waals surface area contributed by atoms with Crippen molar-refractivity contribution in [2.75, 3.05) is 39.3 Å². The van der Waals surface area contributed by atoms with Crippen LogP contribution >= 0.6 is 11.3 Å². The monoisotopic (exact) mass is 447 g/mol. The average Bonchev–Trinajstić information content (AvgIpc) is 3.30. The van der Waals surface area contributed by atoms with Crippen LogP contribution in [0.3, 0.4) is 0 Å². The lowest BCUT2D eigenvalue weighted by molar-refractivity contribution is -0.138. The Morgan fingerprint density at radius 1 is 1.03 bits per heavy atom. The van der Waals surface area contributed by atoms with Gasteiger partial charge in [0.05, 0.1) is 0 Å². The van der Waals surface area contributed by atoms with Crippen LogP contribution in [-0.4, -0.2) is 67.7 Å². The van der Waals surface area contributed by atoms with E-state index in [9.17, 15) is 13.2 Å². The Balaban J connectivity index is 1.26. The number of rotatable bonds is 5. The lowest BCUT2D eigenvalue weighted by atomic mass is 9.96. The van der Waals surface area contributed by atoms with E-state index in [-0.39, 0.29) is 11.8 Å². The van der Waals surface area contributed by atoms with Crippen molar-refractivity contribution in [1.82, 2.24) is 14.1 Å². The van der Waals surface area contributed by atoms with Gasteiger partial charge in [0.25, 0.3) is 10.0 Å². The Morgan fingerprint density at radius 2 is 1.77 bits per heavy atom. The summed E-state index contributed by atoms with van der Waals surface area (Å²) < 4.78 is 27.3. The molecule has 0 saturated carbocycles. The molecule has 0 bridgehead atoms. The molecule has 8 heteroatoms. The van der Waals surface area contributed by atoms with E-state index >= 15 is 0 Å². The summed E-state index contributed by atoms with van der Waals surface area (Å²) in [7, 11) is -3.41. The first kappa shape index (κ1) is 21.5. The first-order valence-corrected chi connectivity index (χ1v) is 12.9. The van der Waals surface area contributed by atoms with Crippen molar-refractivity contribution in [2.45, 2.75) is 30.5 Å². The van der Waals surface area contributed by atoms with Crippen LogP contribution in [-0.2, 0) is 21.4 Å². The molecule has 0 radical (unpaired) electrons. The predicted octanol–water partition coefficient (Wildman–Crippen LogP) is 2.80. The molecular weight excluding hydrogens is 418 g/mol. The van der Waals surface area contributed by atoms with E-state index in [2.05, 4.69) is 36.1 Å². The van der Waals surface area contributed by atoms with Crippen molar-refractivity contribution in [3.05, 3.63) is 52.9 Å². The molecule has 2 aliphatic heterocycles. The Bertz CT molecular complexity index is 959. The minimum absolute atomic E-state index is 0.0666. The Morgan fingerprint density at radius 3 is 2.40 bits per heavy atom. The van der Waals surface area contributed by atoms with E-state index < -0.39 is 10.0 Å². The Hall–Kier alpha value is -1.74. The van der Waals surface area contributed by atoms with Crippen molar-refractivity contribution in [3.63, 3.8) is 0 Å². The number of nitrogens with zero attached hydrogens (tertiary/aromatic N) is 3. The Kier molecular flexibility index (Phi) is 6.57. The van der Waals surface area contributed by atoms with Gasteiger partial charge in [-0.3, -0.25) is 9.69 Å². The summed E-state index contributed by atoms with van der Waals surface area (Å²) >= 11 is 1.25. The van der Waals surface area contributed by atoms with Crippen LogP contribution in [0.1, 0.15) is 24.0 Å². The maximum absolute atomic E-state index is 13.0. The third-order valence-corrected chi connectivity index (χ3v) is 9.34. The number of hydrogen-bond acceptors (Lipinski definition) is 5. The van der Waals surface area contributed by atoms with Crippen molar-refractivity contribution >= 4 is 27.3 Å². The average molecular weight is 448 g/mol. The van der Waals surface area contributed by atoms with Gasteiger partial charge in [-0.25, -0.2) is 8.42 Å². The number of aryl methyl sites for hydroxylation is 1. The maximum Gasteiger partial charge on any atom is 0.252 e. The largest absolute Gasteiger partial charge is 0.340 e. The molecule has 0 N–H and O–H groups in total. The number of carbonyl (C=O) groups is 1. The summed E-state index contributed by atoms with van der Waals surface area (Å²) in [6, 6.07) is 12.0. The van der Waals surface area contributed by atoms with Crippen LogP contribution in [0, 0.1) is 12.8 Å². The number of carbonyl (C=O) groups excluding carboxylic acids is 1. The van der Waals surface area contributed by atoms with Gasteiger partial charge in [-0.15, -0.1) is 11.3 Å². The van der Waals surface area contributed by atoms with Gasteiger partial charge < -0.3 is 4.90 Å². The van der Waals surface area contributed by atoms with E-state index in [1.54, 1.807) is 17.5 Å². The second-order valence-electron chi connectivity index (χ2n) is 8.20. The van der Waals surface area contributed by atoms with Gasteiger partial charge in [0.1, 0.15) is 4.21 Å². The van der Waals surface area contributed by atoms with Crippen molar-refractivity contribution in [2.24, 2.45) is 5.92 Å². The summed E-state index contributed by atoms with van der Waals surface area (Å²) in [5, 5.41) is 1.78. The molecule has 1 amide bonds. The molecule has 4 rings (SSSR count). The zero-order valence-corrected chi connectivity index (χ0v) is 19.0. The minimum Gasteiger partial charge on any atom is -0.340 e. The highest BCUT2D eigenvalue weighted by Gasteiger charge is 2.34. The molecular formula is C22H29N3O3S2. The van der Waals surface area contributed by atoms with Gasteiger partial charge in [-0.2, -0.15) is 4.31 Å². The molecule has 2 fully saturated rings. The smallest absolute Gasteiger partial charge is 0.252 e. The second-order valence-corrected chi connectivity index (χ2v) is 11.3. The number of amides is 1. The first-order valence-electron chi connectivity index (χ1n) is 10.5. The lowest BCUT2D eigenvalue weighted by Crippen LogP contribution is -2.51. The topological polar surface area (TPSA) is 60.9 Å². The van der Waals surface area contributed by atoms with E-state index in [0.717, 1.165) is 32.7 Å². The number of sulfonamides is 1. The highest BCUT2D eigenvalue weighted by atomic mass is 32.2. The summed E-state index contributed by atoms with van der Waals surface area (Å²) in [5.74, 6) is 0.126. The number of piperidine rings is 1. The van der Waals surface area contributed by atoms with Crippen molar-refractivity contribution in [1.29, 1.82) is 0 Å². The third-order valence-electron chi connectivity index (χ3n) is 6.07. The summed E-state index contributed by atoms with van der Waals surface area (Å²) in [4.78, 5) is 17.4. The van der Waals surface area contributed by atoms with E-state index in [1.165, 1.54) is 26.8 Å². The van der Waals surface area contributed by atoms with Crippen LogP contribution in [0.25, 0.3) is 0 Å². The van der Waals surface area contributed by atoms with Gasteiger partial charge in [0, 0.05) is 51.7 Å². The van der Waals surface area contributed by atoms with E-state index in [1.807, 2.05) is 4.90 Å². The highest BCUT2D eigenvalue weighted by Crippen LogP contribution is 2.27.